The number of hydrogen-bond donors (Lipinski definition) is 0. The fraction of sp³-hybridized carbons (Fsp3) is 0.0612. The Morgan fingerprint density at radius 1 is 0.491 bits per heavy atom. The number of nitriles is 1. The first-order valence-electron chi connectivity index (χ1n) is 18.3. The molecule has 0 amide bonds. The minimum atomic E-state index is -0.315. The molecule has 0 saturated heterocycles. The highest BCUT2D eigenvalue weighted by Gasteiger charge is 2.35. The Morgan fingerprint density at radius 2 is 0.964 bits per heavy atom. The number of ether oxygens (including phenoxy) is 1. The molecule has 1 aliphatic heterocycles. The van der Waals surface area contributed by atoms with Gasteiger partial charge in [-0.3, -0.25) is 0 Å². The topological polar surface area (TPSA) is 76.6 Å². The molecular weight excluding hydrogens is 675 g/mol. The van der Waals surface area contributed by atoms with Crippen molar-refractivity contribution in [3.8, 4) is 68.5 Å². The summed E-state index contributed by atoms with van der Waals surface area (Å²) < 4.78 is 9.07. The quantitative estimate of drug-likeness (QED) is 0.178. The largest absolute Gasteiger partial charge is 0.457 e. The van der Waals surface area contributed by atoms with Gasteiger partial charge in [0.05, 0.1) is 22.7 Å². The zero-order chi connectivity index (χ0) is 37.1. The molecule has 0 fully saturated rings. The molecule has 0 spiro atoms. The second-order valence-corrected chi connectivity index (χ2v) is 14.4. The minimum absolute atomic E-state index is 0.315. The smallest absolute Gasteiger partial charge is 0.164 e. The number of aromatic nitrogens is 4. The lowest BCUT2D eigenvalue weighted by atomic mass is 9.75. The van der Waals surface area contributed by atoms with Crippen molar-refractivity contribution in [3.05, 3.63) is 180 Å². The standard InChI is InChI=1S/C49H33N5O/c1-49(2)40-22-19-35(34-21-25-43-39(27-34)38-26-31(30-50)18-24-42(38)54(43)37-16-10-5-11-17-37)28-44(40)55-45-29-36(20-23-41(45)49)48-52-46(32-12-6-3-7-13-32)51-47(53-48)33-14-8-4-9-15-33/h3-29H,1-2H3. The van der Waals surface area contributed by atoms with Gasteiger partial charge in [-0.05, 0) is 65.7 Å². The van der Waals surface area contributed by atoms with Crippen LogP contribution >= 0.6 is 0 Å². The maximum Gasteiger partial charge on any atom is 0.164 e. The van der Waals surface area contributed by atoms with Crippen LogP contribution in [0.2, 0.25) is 0 Å². The van der Waals surface area contributed by atoms with Crippen molar-refractivity contribution in [2.45, 2.75) is 19.3 Å². The van der Waals surface area contributed by atoms with Gasteiger partial charge >= 0.3 is 0 Å². The molecule has 55 heavy (non-hydrogen) atoms. The minimum Gasteiger partial charge on any atom is -0.457 e. The molecule has 0 radical (unpaired) electrons. The maximum atomic E-state index is 9.77. The van der Waals surface area contributed by atoms with Gasteiger partial charge in [-0.1, -0.05) is 123 Å². The van der Waals surface area contributed by atoms with E-state index >= 15 is 0 Å². The maximum absolute atomic E-state index is 9.77. The predicted molar refractivity (Wildman–Crippen MR) is 219 cm³/mol. The monoisotopic (exact) mass is 707 g/mol. The number of rotatable bonds is 5. The molecule has 3 heterocycles. The Kier molecular flexibility index (Phi) is 7.43. The molecule has 0 N–H and O–H groups in total. The van der Waals surface area contributed by atoms with Crippen LogP contribution in [0.4, 0.5) is 0 Å². The van der Waals surface area contributed by atoms with E-state index in [2.05, 4.69) is 103 Å². The van der Waals surface area contributed by atoms with E-state index in [1.807, 2.05) is 84.9 Å². The molecule has 2 aromatic heterocycles. The van der Waals surface area contributed by atoms with Crippen molar-refractivity contribution in [1.82, 2.24) is 19.5 Å². The highest BCUT2D eigenvalue weighted by molar-refractivity contribution is 6.11. The van der Waals surface area contributed by atoms with Crippen LogP contribution in [0.25, 0.3) is 72.8 Å². The summed E-state index contributed by atoms with van der Waals surface area (Å²) in [6, 6.07) is 58.0. The summed E-state index contributed by atoms with van der Waals surface area (Å²) in [6.45, 7) is 4.49. The van der Waals surface area contributed by atoms with Gasteiger partial charge in [0.2, 0.25) is 0 Å². The highest BCUT2D eigenvalue weighted by Crippen LogP contribution is 2.50. The third kappa shape index (κ3) is 5.45. The molecule has 9 aromatic rings. The van der Waals surface area contributed by atoms with Crippen molar-refractivity contribution in [2.75, 3.05) is 0 Å². The summed E-state index contributed by atoms with van der Waals surface area (Å²) in [5, 5.41) is 11.9. The van der Waals surface area contributed by atoms with Crippen LogP contribution in [0, 0.1) is 11.3 Å². The van der Waals surface area contributed by atoms with Crippen molar-refractivity contribution < 1.29 is 4.74 Å². The first-order chi connectivity index (χ1) is 26.9. The summed E-state index contributed by atoms with van der Waals surface area (Å²) in [5.74, 6) is 3.41. The average Bonchev–Trinajstić information content (AvgIpc) is 3.57. The second-order valence-electron chi connectivity index (χ2n) is 14.4. The fourth-order valence-electron chi connectivity index (χ4n) is 7.89. The van der Waals surface area contributed by atoms with Crippen LogP contribution in [0.5, 0.6) is 11.5 Å². The normalized spacial score (nSPS) is 12.8. The summed E-state index contributed by atoms with van der Waals surface area (Å²) in [6.07, 6.45) is 0. The summed E-state index contributed by atoms with van der Waals surface area (Å²) in [5.41, 5.74) is 10.6. The van der Waals surface area contributed by atoms with Gasteiger partial charge in [-0.25, -0.2) is 15.0 Å². The molecule has 0 atom stereocenters. The zero-order valence-electron chi connectivity index (χ0n) is 30.2. The predicted octanol–water partition coefficient (Wildman–Crippen LogP) is 11.9. The molecule has 7 aromatic carbocycles. The van der Waals surface area contributed by atoms with Gasteiger partial charge in [0.25, 0.3) is 0 Å². The lowest BCUT2D eigenvalue weighted by molar-refractivity contribution is 0.418. The Hall–Kier alpha value is -7.36. The Bertz CT molecular complexity index is 2920. The van der Waals surface area contributed by atoms with Crippen molar-refractivity contribution >= 4 is 21.8 Å². The molecule has 260 valence electrons. The van der Waals surface area contributed by atoms with E-state index in [-0.39, 0.29) is 5.41 Å². The highest BCUT2D eigenvalue weighted by atomic mass is 16.5. The second kappa shape index (κ2) is 12.6. The zero-order valence-corrected chi connectivity index (χ0v) is 30.2. The van der Waals surface area contributed by atoms with Crippen molar-refractivity contribution in [2.24, 2.45) is 0 Å². The third-order valence-electron chi connectivity index (χ3n) is 10.7. The van der Waals surface area contributed by atoms with Gasteiger partial charge in [-0.2, -0.15) is 5.26 Å². The Morgan fingerprint density at radius 3 is 1.56 bits per heavy atom. The lowest BCUT2D eigenvalue weighted by Gasteiger charge is -2.35. The van der Waals surface area contributed by atoms with E-state index in [0.717, 1.165) is 77.9 Å². The molecule has 0 unspecified atom stereocenters. The number of nitrogens with zero attached hydrogens (tertiary/aromatic N) is 5. The molecule has 0 saturated carbocycles. The van der Waals surface area contributed by atoms with Gasteiger partial charge in [0, 0.05) is 49.7 Å². The molecule has 10 rings (SSSR count). The molecule has 1 aliphatic rings. The van der Waals surface area contributed by atoms with Crippen LogP contribution in [0.15, 0.2) is 164 Å². The fourth-order valence-corrected chi connectivity index (χ4v) is 7.89. The first kappa shape index (κ1) is 32.3. The SMILES string of the molecule is CC1(C)c2ccc(-c3ccc4c(c3)c3cc(C#N)ccc3n4-c3ccccc3)cc2Oc2cc(-c3nc(-c4ccccc4)nc(-c4ccccc4)n3)ccc21. The van der Waals surface area contributed by atoms with E-state index in [1.54, 1.807) is 0 Å². The Balaban J connectivity index is 1.06. The van der Waals surface area contributed by atoms with E-state index in [4.69, 9.17) is 19.7 Å². The van der Waals surface area contributed by atoms with Crippen LogP contribution in [-0.2, 0) is 5.41 Å². The number of hydrogen-bond acceptors (Lipinski definition) is 5. The first-order valence-corrected chi connectivity index (χ1v) is 18.3. The van der Waals surface area contributed by atoms with Gasteiger partial charge in [0.1, 0.15) is 11.5 Å². The van der Waals surface area contributed by atoms with Gasteiger partial charge in [-0.15, -0.1) is 0 Å². The van der Waals surface area contributed by atoms with Gasteiger partial charge < -0.3 is 9.30 Å². The van der Waals surface area contributed by atoms with Crippen molar-refractivity contribution in [3.63, 3.8) is 0 Å². The average molecular weight is 708 g/mol. The van der Waals surface area contributed by atoms with Crippen LogP contribution in [-0.4, -0.2) is 19.5 Å². The molecule has 0 bridgehead atoms. The van der Waals surface area contributed by atoms with Crippen LogP contribution in [0.3, 0.4) is 0 Å². The van der Waals surface area contributed by atoms with E-state index in [0.29, 0.717) is 23.0 Å². The number of benzene rings is 7. The molecule has 0 aliphatic carbocycles. The van der Waals surface area contributed by atoms with Crippen molar-refractivity contribution in [1.29, 1.82) is 5.26 Å². The van der Waals surface area contributed by atoms with Crippen LogP contribution in [0.1, 0.15) is 30.5 Å². The molecule has 6 heteroatoms. The lowest BCUT2D eigenvalue weighted by Crippen LogP contribution is -2.24. The number of para-hydroxylation sites is 1. The summed E-state index contributed by atoms with van der Waals surface area (Å²) in [7, 11) is 0. The van der Waals surface area contributed by atoms with Gasteiger partial charge in [0.15, 0.2) is 17.5 Å². The summed E-state index contributed by atoms with van der Waals surface area (Å²) in [4.78, 5) is 14.8. The molecule has 6 nitrogen and oxygen atoms in total. The van der Waals surface area contributed by atoms with E-state index in [9.17, 15) is 5.26 Å². The third-order valence-corrected chi connectivity index (χ3v) is 10.7. The Labute approximate surface area is 318 Å². The van der Waals surface area contributed by atoms with E-state index < -0.39 is 0 Å². The summed E-state index contributed by atoms with van der Waals surface area (Å²) >= 11 is 0. The molecular formula is C49H33N5O. The van der Waals surface area contributed by atoms with E-state index in [1.165, 1.54) is 0 Å². The van der Waals surface area contributed by atoms with Crippen LogP contribution < -0.4 is 4.74 Å². The number of fused-ring (bicyclic) bond motifs is 5.